The van der Waals surface area contributed by atoms with Crippen LogP contribution in [0.3, 0.4) is 0 Å². The number of benzene rings is 2. The lowest BCUT2D eigenvalue weighted by atomic mass is 10.1. The summed E-state index contributed by atoms with van der Waals surface area (Å²) in [6.45, 7) is 3.89. The molecule has 2 rings (SSSR count). The molecule has 0 spiro atoms. The first-order valence-electron chi connectivity index (χ1n) is 7.79. The van der Waals surface area contributed by atoms with E-state index in [1.54, 1.807) is 6.92 Å². The molecule has 0 bridgehead atoms. The normalized spacial score (nSPS) is 11.9. The van der Waals surface area contributed by atoms with E-state index in [2.05, 4.69) is 19.1 Å². The Kier molecular flexibility index (Phi) is 5.59. The molecule has 0 amide bonds. The van der Waals surface area contributed by atoms with Crippen molar-refractivity contribution in [1.82, 2.24) is 0 Å². The Balaban J connectivity index is 2.31. The molecule has 22 heavy (non-hydrogen) atoms. The SMILES string of the molecule is CCCCc1ccc(N(c2ccccc2)[C@@H](C)C(=O)O)cc1. The summed E-state index contributed by atoms with van der Waals surface area (Å²) in [7, 11) is 0. The van der Waals surface area contributed by atoms with Crippen LogP contribution in [0.5, 0.6) is 0 Å². The van der Waals surface area contributed by atoms with E-state index in [1.165, 1.54) is 18.4 Å². The molecule has 0 saturated heterocycles. The van der Waals surface area contributed by atoms with Crippen LogP contribution in [-0.2, 0) is 11.2 Å². The lowest BCUT2D eigenvalue weighted by Gasteiger charge is -2.29. The van der Waals surface area contributed by atoms with Gasteiger partial charge in [-0.25, -0.2) is 4.79 Å². The maximum absolute atomic E-state index is 11.5. The Morgan fingerprint density at radius 3 is 2.18 bits per heavy atom. The number of hydrogen-bond donors (Lipinski definition) is 1. The molecular formula is C19H23NO2. The van der Waals surface area contributed by atoms with Gasteiger partial charge in [-0.1, -0.05) is 43.7 Å². The monoisotopic (exact) mass is 297 g/mol. The van der Waals surface area contributed by atoms with E-state index >= 15 is 0 Å². The molecule has 0 aromatic heterocycles. The van der Waals surface area contributed by atoms with Gasteiger partial charge in [0, 0.05) is 11.4 Å². The minimum absolute atomic E-state index is 0.621. The number of unbranched alkanes of at least 4 members (excludes halogenated alkanes) is 1. The fourth-order valence-corrected chi connectivity index (χ4v) is 2.50. The standard InChI is InChI=1S/C19H23NO2/c1-3-4-8-16-11-13-18(14-12-16)20(15(2)19(21)22)17-9-6-5-7-10-17/h5-7,9-15H,3-4,8H2,1-2H3,(H,21,22)/t15-/m0/s1. The van der Waals surface area contributed by atoms with Gasteiger partial charge in [0.15, 0.2) is 0 Å². The highest BCUT2D eigenvalue weighted by atomic mass is 16.4. The van der Waals surface area contributed by atoms with Crippen LogP contribution in [0, 0.1) is 0 Å². The molecule has 0 saturated carbocycles. The zero-order valence-electron chi connectivity index (χ0n) is 13.2. The molecule has 0 radical (unpaired) electrons. The largest absolute Gasteiger partial charge is 0.480 e. The topological polar surface area (TPSA) is 40.5 Å². The van der Waals surface area contributed by atoms with Crippen molar-refractivity contribution in [2.75, 3.05) is 4.90 Å². The summed E-state index contributed by atoms with van der Waals surface area (Å²) in [5.41, 5.74) is 3.08. The molecule has 116 valence electrons. The smallest absolute Gasteiger partial charge is 0.326 e. The summed E-state index contributed by atoms with van der Waals surface area (Å²) in [4.78, 5) is 13.3. The maximum Gasteiger partial charge on any atom is 0.326 e. The number of carboxylic acids is 1. The van der Waals surface area contributed by atoms with Crippen molar-refractivity contribution >= 4 is 17.3 Å². The summed E-state index contributed by atoms with van der Waals surface area (Å²) < 4.78 is 0. The van der Waals surface area contributed by atoms with Gasteiger partial charge in [0.2, 0.25) is 0 Å². The zero-order chi connectivity index (χ0) is 15.9. The first-order valence-corrected chi connectivity index (χ1v) is 7.79. The summed E-state index contributed by atoms with van der Waals surface area (Å²) in [5.74, 6) is -0.834. The molecule has 0 aliphatic carbocycles. The van der Waals surface area contributed by atoms with Gasteiger partial charge in [-0.05, 0) is 49.6 Å². The fraction of sp³-hybridized carbons (Fsp3) is 0.316. The van der Waals surface area contributed by atoms with Gasteiger partial charge in [-0.3, -0.25) is 0 Å². The van der Waals surface area contributed by atoms with Gasteiger partial charge in [0.05, 0.1) is 0 Å². The van der Waals surface area contributed by atoms with Crippen LogP contribution in [0.1, 0.15) is 32.3 Å². The van der Waals surface area contributed by atoms with E-state index in [1.807, 2.05) is 47.4 Å². The van der Waals surface area contributed by atoms with Crippen LogP contribution in [0.25, 0.3) is 0 Å². The molecule has 3 heteroatoms. The average molecular weight is 297 g/mol. The van der Waals surface area contributed by atoms with Gasteiger partial charge >= 0.3 is 5.97 Å². The van der Waals surface area contributed by atoms with Gasteiger partial charge < -0.3 is 10.0 Å². The van der Waals surface area contributed by atoms with E-state index in [9.17, 15) is 9.90 Å². The van der Waals surface area contributed by atoms with Crippen molar-refractivity contribution in [2.45, 2.75) is 39.2 Å². The van der Waals surface area contributed by atoms with Gasteiger partial charge in [-0.2, -0.15) is 0 Å². The van der Waals surface area contributed by atoms with Crippen molar-refractivity contribution in [3.8, 4) is 0 Å². The summed E-state index contributed by atoms with van der Waals surface area (Å²) in [6, 6.07) is 17.2. The first-order chi connectivity index (χ1) is 10.6. The van der Waals surface area contributed by atoms with Crippen molar-refractivity contribution in [3.05, 3.63) is 60.2 Å². The minimum atomic E-state index is -0.834. The number of carboxylic acid groups (broad SMARTS) is 1. The Morgan fingerprint density at radius 2 is 1.64 bits per heavy atom. The van der Waals surface area contributed by atoms with Crippen LogP contribution >= 0.6 is 0 Å². The predicted octanol–water partition coefficient (Wildman–Crippen LogP) is 4.64. The van der Waals surface area contributed by atoms with E-state index in [0.717, 1.165) is 17.8 Å². The third kappa shape index (κ3) is 3.88. The molecule has 2 aromatic rings. The van der Waals surface area contributed by atoms with Crippen molar-refractivity contribution in [2.24, 2.45) is 0 Å². The van der Waals surface area contributed by atoms with Crippen molar-refractivity contribution < 1.29 is 9.90 Å². The molecule has 0 heterocycles. The fourth-order valence-electron chi connectivity index (χ4n) is 2.50. The predicted molar refractivity (Wildman–Crippen MR) is 90.7 cm³/mol. The Labute approximate surface area is 132 Å². The molecule has 1 atom stereocenters. The quantitative estimate of drug-likeness (QED) is 0.809. The zero-order valence-corrected chi connectivity index (χ0v) is 13.2. The Morgan fingerprint density at radius 1 is 1.05 bits per heavy atom. The van der Waals surface area contributed by atoms with E-state index in [0.29, 0.717) is 0 Å². The van der Waals surface area contributed by atoms with Gasteiger partial charge in [-0.15, -0.1) is 0 Å². The van der Waals surface area contributed by atoms with Crippen molar-refractivity contribution in [3.63, 3.8) is 0 Å². The summed E-state index contributed by atoms with van der Waals surface area (Å²) in [6.07, 6.45) is 3.41. The number of carbonyl (C=O) groups is 1. The van der Waals surface area contributed by atoms with Crippen molar-refractivity contribution in [1.29, 1.82) is 0 Å². The lowest BCUT2D eigenvalue weighted by Crippen LogP contribution is -2.35. The highest BCUT2D eigenvalue weighted by Gasteiger charge is 2.22. The molecule has 2 aromatic carbocycles. The second-order valence-electron chi connectivity index (χ2n) is 5.49. The second-order valence-corrected chi connectivity index (χ2v) is 5.49. The second kappa shape index (κ2) is 7.64. The van der Waals surface area contributed by atoms with E-state index in [-0.39, 0.29) is 0 Å². The number of anilines is 2. The number of aliphatic carboxylic acids is 1. The molecule has 1 N–H and O–H groups in total. The van der Waals surface area contributed by atoms with Gasteiger partial charge in [0.25, 0.3) is 0 Å². The Hall–Kier alpha value is -2.29. The number of nitrogens with zero attached hydrogens (tertiary/aromatic N) is 1. The third-order valence-corrected chi connectivity index (χ3v) is 3.81. The van der Waals surface area contributed by atoms with E-state index in [4.69, 9.17) is 0 Å². The van der Waals surface area contributed by atoms with Crippen LogP contribution in [-0.4, -0.2) is 17.1 Å². The molecule has 0 fully saturated rings. The highest BCUT2D eigenvalue weighted by Crippen LogP contribution is 2.28. The maximum atomic E-state index is 11.5. The van der Waals surface area contributed by atoms with Crippen LogP contribution < -0.4 is 4.90 Å². The molecule has 0 aliphatic heterocycles. The van der Waals surface area contributed by atoms with Crippen LogP contribution in [0.2, 0.25) is 0 Å². The van der Waals surface area contributed by atoms with E-state index < -0.39 is 12.0 Å². The third-order valence-electron chi connectivity index (χ3n) is 3.81. The number of aryl methyl sites for hydroxylation is 1. The average Bonchev–Trinajstić information content (AvgIpc) is 2.55. The summed E-state index contributed by atoms with van der Waals surface area (Å²) >= 11 is 0. The van der Waals surface area contributed by atoms with Crippen LogP contribution in [0.15, 0.2) is 54.6 Å². The molecule has 0 aliphatic rings. The lowest BCUT2D eigenvalue weighted by molar-refractivity contribution is -0.137. The first kappa shape index (κ1) is 16.1. The molecule has 0 unspecified atom stereocenters. The highest BCUT2D eigenvalue weighted by molar-refractivity contribution is 5.82. The number of para-hydroxylation sites is 1. The van der Waals surface area contributed by atoms with Gasteiger partial charge in [0.1, 0.15) is 6.04 Å². The van der Waals surface area contributed by atoms with Crippen LogP contribution in [0.4, 0.5) is 11.4 Å². The summed E-state index contributed by atoms with van der Waals surface area (Å²) in [5, 5.41) is 9.40. The number of rotatable bonds is 7. The Bertz CT molecular complexity index is 593. The molecular weight excluding hydrogens is 274 g/mol. The number of hydrogen-bond acceptors (Lipinski definition) is 2. The molecule has 3 nitrogen and oxygen atoms in total. The minimum Gasteiger partial charge on any atom is -0.480 e.